The van der Waals surface area contributed by atoms with Crippen LogP contribution in [0.1, 0.15) is 21.5 Å². The summed E-state index contributed by atoms with van der Waals surface area (Å²) in [4.78, 5) is 10.7. The Balaban J connectivity index is 0.000000220. The van der Waals surface area contributed by atoms with Gasteiger partial charge in [-0.2, -0.15) is 19.8 Å². The minimum absolute atomic E-state index is 0.417. The zero-order valence-corrected chi connectivity index (χ0v) is 14.0. The number of rotatable bonds is 3. The predicted molar refractivity (Wildman–Crippen MR) is 89.6 cm³/mol. The third-order valence-electron chi connectivity index (χ3n) is 2.43. The molecule has 0 bridgehead atoms. The standard InChI is InChI=1S/C8H8ClNO.C6H6O3S2/c1-5-4-6(9)2-3-7(5)8(10)11;7-11(8,9)4-2-6-1-3-10-5-6/h2-4H,1H3,(H2,10,11);1-5H,(H,7,8,9). The molecule has 1 aromatic carbocycles. The monoisotopic (exact) mass is 359 g/mol. The van der Waals surface area contributed by atoms with E-state index in [0.717, 1.165) is 16.5 Å². The highest BCUT2D eigenvalue weighted by atomic mass is 35.5. The van der Waals surface area contributed by atoms with Gasteiger partial charge in [-0.15, -0.1) is 0 Å². The summed E-state index contributed by atoms with van der Waals surface area (Å²) in [7, 11) is -3.98. The van der Waals surface area contributed by atoms with Crippen LogP contribution in [0.5, 0.6) is 0 Å². The Bertz CT molecular complexity index is 768. The summed E-state index contributed by atoms with van der Waals surface area (Å²) in [6, 6.07) is 6.74. The SMILES string of the molecule is Cc1cc(Cl)ccc1C(N)=O.O=S(=O)(O)C=Cc1ccsc1. The van der Waals surface area contributed by atoms with Crippen LogP contribution < -0.4 is 5.73 Å². The number of primary amides is 1. The second-order valence-corrected chi connectivity index (χ2v) is 6.72. The fourth-order valence-corrected chi connectivity index (χ4v) is 2.62. The summed E-state index contributed by atoms with van der Waals surface area (Å²) in [5, 5.41) is 4.98. The molecule has 0 aliphatic heterocycles. The van der Waals surface area contributed by atoms with Crippen molar-refractivity contribution in [2.45, 2.75) is 6.92 Å². The Morgan fingerprint density at radius 2 is 2.05 bits per heavy atom. The second-order valence-electron chi connectivity index (χ2n) is 4.20. The van der Waals surface area contributed by atoms with Crippen molar-refractivity contribution in [3.05, 3.63) is 62.1 Å². The topological polar surface area (TPSA) is 97.5 Å². The Hall–Kier alpha value is -1.67. The van der Waals surface area contributed by atoms with Crippen LogP contribution >= 0.6 is 22.9 Å². The molecule has 118 valence electrons. The smallest absolute Gasteiger partial charge is 0.287 e. The van der Waals surface area contributed by atoms with Crippen molar-refractivity contribution in [2.24, 2.45) is 5.73 Å². The third kappa shape index (κ3) is 6.86. The minimum Gasteiger partial charge on any atom is -0.366 e. The number of carbonyl (C=O) groups is 1. The van der Waals surface area contributed by atoms with Crippen LogP contribution in [0.2, 0.25) is 5.02 Å². The van der Waals surface area contributed by atoms with Crippen LogP contribution in [0.3, 0.4) is 0 Å². The largest absolute Gasteiger partial charge is 0.366 e. The molecule has 1 aromatic heterocycles. The fraction of sp³-hybridized carbons (Fsp3) is 0.0714. The molecular weight excluding hydrogens is 346 g/mol. The first-order valence-electron chi connectivity index (χ1n) is 5.93. The van der Waals surface area contributed by atoms with E-state index >= 15 is 0 Å². The van der Waals surface area contributed by atoms with Crippen molar-refractivity contribution in [3.8, 4) is 0 Å². The lowest BCUT2D eigenvalue weighted by Gasteiger charge is -1.99. The quantitative estimate of drug-likeness (QED) is 0.821. The maximum atomic E-state index is 10.7. The maximum Gasteiger partial charge on any atom is 0.287 e. The van der Waals surface area contributed by atoms with Gasteiger partial charge in [-0.05, 0) is 59.2 Å². The second kappa shape index (κ2) is 8.09. The fourth-order valence-electron chi connectivity index (χ4n) is 1.44. The van der Waals surface area contributed by atoms with Crippen LogP contribution in [0.25, 0.3) is 6.08 Å². The molecule has 3 N–H and O–H groups in total. The van der Waals surface area contributed by atoms with Crippen LogP contribution in [-0.4, -0.2) is 18.9 Å². The van der Waals surface area contributed by atoms with Crippen LogP contribution in [-0.2, 0) is 10.1 Å². The van der Waals surface area contributed by atoms with Gasteiger partial charge in [0.2, 0.25) is 5.91 Å². The number of benzene rings is 1. The van der Waals surface area contributed by atoms with E-state index in [0.29, 0.717) is 10.6 Å². The predicted octanol–water partition coefficient (Wildman–Crippen LogP) is 3.35. The van der Waals surface area contributed by atoms with Crippen molar-refractivity contribution >= 4 is 45.0 Å². The van der Waals surface area contributed by atoms with E-state index < -0.39 is 16.0 Å². The third-order valence-corrected chi connectivity index (χ3v) is 3.85. The van der Waals surface area contributed by atoms with Gasteiger partial charge in [0.05, 0.1) is 5.41 Å². The molecule has 0 atom stereocenters. The maximum absolute atomic E-state index is 10.7. The molecule has 1 heterocycles. The summed E-state index contributed by atoms with van der Waals surface area (Å²) in [6.07, 6.45) is 1.34. The molecule has 0 aliphatic carbocycles. The van der Waals surface area contributed by atoms with Crippen molar-refractivity contribution in [1.29, 1.82) is 0 Å². The Kier molecular flexibility index (Phi) is 6.76. The number of nitrogens with two attached hydrogens (primary N) is 1. The zero-order chi connectivity index (χ0) is 16.8. The van der Waals surface area contributed by atoms with E-state index in [-0.39, 0.29) is 0 Å². The number of hydrogen-bond donors (Lipinski definition) is 2. The molecule has 5 nitrogen and oxygen atoms in total. The molecule has 2 rings (SSSR count). The molecule has 22 heavy (non-hydrogen) atoms. The van der Waals surface area contributed by atoms with Crippen molar-refractivity contribution in [1.82, 2.24) is 0 Å². The van der Waals surface area contributed by atoms with E-state index in [9.17, 15) is 13.2 Å². The van der Waals surface area contributed by atoms with E-state index in [1.807, 2.05) is 5.38 Å². The normalized spacial score (nSPS) is 11.0. The lowest BCUT2D eigenvalue weighted by atomic mass is 10.1. The zero-order valence-electron chi connectivity index (χ0n) is 11.6. The van der Waals surface area contributed by atoms with E-state index in [2.05, 4.69) is 0 Å². The van der Waals surface area contributed by atoms with Crippen LogP contribution in [0, 0.1) is 6.92 Å². The molecule has 0 fully saturated rings. The Morgan fingerprint density at radius 1 is 1.36 bits per heavy atom. The first-order valence-corrected chi connectivity index (χ1v) is 8.75. The molecule has 0 unspecified atom stereocenters. The van der Waals surface area contributed by atoms with Crippen molar-refractivity contribution in [3.63, 3.8) is 0 Å². The molecule has 0 saturated carbocycles. The summed E-state index contributed by atoms with van der Waals surface area (Å²) in [5.41, 5.74) is 7.19. The van der Waals surface area contributed by atoms with Gasteiger partial charge in [-0.25, -0.2) is 0 Å². The van der Waals surface area contributed by atoms with Crippen LogP contribution in [0.4, 0.5) is 0 Å². The van der Waals surface area contributed by atoms with Crippen LogP contribution in [0.15, 0.2) is 40.4 Å². The summed E-state index contributed by atoms with van der Waals surface area (Å²) < 4.78 is 28.7. The van der Waals surface area contributed by atoms with Gasteiger partial charge >= 0.3 is 0 Å². The van der Waals surface area contributed by atoms with Gasteiger partial charge in [0.25, 0.3) is 10.1 Å². The summed E-state index contributed by atoms with van der Waals surface area (Å²) in [6.45, 7) is 1.80. The number of carbonyl (C=O) groups excluding carboxylic acids is 1. The average molecular weight is 360 g/mol. The molecule has 0 spiro atoms. The van der Waals surface area contributed by atoms with Gasteiger partial charge in [-0.1, -0.05) is 11.6 Å². The molecule has 1 amide bonds. The lowest BCUT2D eigenvalue weighted by molar-refractivity contribution is 0.0999. The first-order chi connectivity index (χ1) is 10.2. The number of thiophene rings is 1. The van der Waals surface area contributed by atoms with Gasteiger partial charge < -0.3 is 5.73 Å². The number of halogens is 1. The molecule has 0 radical (unpaired) electrons. The number of aryl methyl sites for hydroxylation is 1. The Labute approximate surface area is 137 Å². The van der Waals surface area contributed by atoms with E-state index in [4.69, 9.17) is 21.9 Å². The first kappa shape index (κ1) is 18.4. The summed E-state index contributed by atoms with van der Waals surface area (Å²) in [5.74, 6) is -0.417. The highest BCUT2D eigenvalue weighted by molar-refractivity contribution is 7.88. The van der Waals surface area contributed by atoms with E-state index in [1.54, 1.807) is 36.6 Å². The average Bonchev–Trinajstić information content (AvgIpc) is 2.89. The van der Waals surface area contributed by atoms with Gasteiger partial charge in [0.1, 0.15) is 0 Å². The molecule has 0 saturated heterocycles. The highest BCUT2D eigenvalue weighted by Gasteiger charge is 2.03. The minimum atomic E-state index is -3.98. The molecule has 8 heteroatoms. The van der Waals surface area contributed by atoms with Crippen molar-refractivity contribution < 1.29 is 17.8 Å². The van der Waals surface area contributed by atoms with Gasteiger partial charge in [0, 0.05) is 10.6 Å². The number of hydrogen-bond acceptors (Lipinski definition) is 4. The number of amides is 1. The van der Waals surface area contributed by atoms with E-state index in [1.165, 1.54) is 17.4 Å². The Morgan fingerprint density at radius 3 is 2.50 bits per heavy atom. The lowest BCUT2D eigenvalue weighted by Crippen LogP contribution is -2.12. The summed E-state index contributed by atoms with van der Waals surface area (Å²) >= 11 is 7.13. The molecule has 2 aromatic rings. The van der Waals surface area contributed by atoms with Crippen molar-refractivity contribution in [2.75, 3.05) is 0 Å². The molecular formula is C14H14ClNO4S2. The van der Waals surface area contributed by atoms with Gasteiger partial charge in [0.15, 0.2) is 0 Å². The highest BCUT2D eigenvalue weighted by Crippen LogP contribution is 2.14. The molecule has 0 aliphatic rings. The van der Waals surface area contributed by atoms with Gasteiger partial charge in [-0.3, -0.25) is 9.35 Å².